The summed E-state index contributed by atoms with van der Waals surface area (Å²) in [5.41, 5.74) is 1.38. The van der Waals surface area contributed by atoms with Crippen LogP contribution in [-0.2, 0) is 11.2 Å². The van der Waals surface area contributed by atoms with Gasteiger partial charge in [0.05, 0.1) is 0 Å². The second-order valence-electron chi connectivity index (χ2n) is 6.79. The molecule has 0 aliphatic rings. The molecule has 1 unspecified atom stereocenters. The van der Waals surface area contributed by atoms with Crippen LogP contribution in [0.1, 0.15) is 64.9 Å². The van der Waals surface area contributed by atoms with Gasteiger partial charge in [-0.15, -0.1) is 0 Å². The first-order valence-electron chi connectivity index (χ1n) is 8.92. The summed E-state index contributed by atoms with van der Waals surface area (Å²) < 4.78 is 0. The first-order chi connectivity index (χ1) is 10.6. The van der Waals surface area contributed by atoms with Gasteiger partial charge in [-0.05, 0) is 36.7 Å². The lowest BCUT2D eigenvalue weighted by Gasteiger charge is -2.18. The maximum absolute atomic E-state index is 11.9. The van der Waals surface area contributed by atoms with Crippen LogP contribution in [0.25, 0.3) is 0 Å². The molecule has 0 bridgehead atoms. The highest BCUT2D eigenvalue weighted by molar-refractivity contribution is 5.75. The standard InChI is InChI=1S/C20H33NO/c1-4-5-7-12-19(15-18-10-8-6-9-11-18)16-21-20(22)14-13-17(2)3/h6,8-11,17,19H,4-5,7,12-16H2,1-3H3,(H,21,22). The molecule has 2 heteroatoms. The summed E-state index contributed by atoms with van der Waals surface area (Å²) in [4.78, 5) is 11.9. The lowest BCUT2D eigenvalue weighted by atomic mass is 9.93. The van der Waals surface area contributed by atoms with Crippen LogP contribution in [0.3, 0.4) is 0 Å². The van der Waals surface area contributed by atoms with E-state index in [1.54, 1.807) is 0 Å². The molecule has 0 fully saturated rings. The van der Waals surface area contributed by atoms with Crippen LogP contribution in [0.15, 0.2) is 30.3 Å². The molecule has 0 saturated heterocycles. The molecule has 1 aromatic carbocycles. The van der Waals surface area contributed by atoms with Gasteiger partial charge in [0.1, 0.15) is 0 Å². The van der Waals surface area contributed by atoms with Gasteiger partial charge >= 0.3 is 0 Å². The summed E-state index contributed by atoms with van der Waals surface area (Å²) >= 11 is 0. The van der Waals surface area contributed by atoms with Crippen molar-refractivity contribution in [3.8, 4) is 0 Å². The number of benzene rings is 1. The Hall–Kier alpha value is -1.31. The fourth-order valence-electron chi connectivity index (χ4n) is 2.67. The average molecular weight is 303 g/mol. The van der Waals surface area contributed by atoms with Gasteiger partial charge in [0.25, 0.3) is 0 Å². The third kappa shape index (κ3) is 8.86. The lowest BCUT2D eigenvalue weighted by Crippen LogP contribution is -2.30. The van der Waals surface area contributed by atoms with E-state index in [1.165, 1.54) is 31.2 Å². The molecule has 0 aliphatic heterocycles. The van der Waals surface area contributed by atoms with Crippen molar-refractivity contribution in [1.29, 1.82) is 0 Å². The summed E-state index contributed by atoms with van der Waals surface area (Å²) in [5, 5.41) is 3.15. The van der Waals surface area contributed by atoms with E-state index in [-0.39, 0.29) is 5.91 Å². The van der Waals surface area contributed by atoms with Crippen molar-refractivity contribution in [3.05, 3.63) is 35.9 Å². The van der Waals surface area contributed by atoms with Crippen LogP contribution in [0, 0.1) is 11.8 Å². The summed E-state index contributed by atoms with van der Waals surface area (Å²) in [6, 6.07) is 10.6. The number of hydrogen-bond acceptors (Lipinski definition) is 1. The molecular formula is C20H33NO. The molecule has 1 atom stereocenters. The third-order valence-electron chi connectivity index (χ3n) is 4.12. The fraction of sp³-hybridized carbons (Fsp3) is 0.650. The van der Waals surface area contributed by atoms with Gasteiger partial charge in [-0.2, -0.15) is 0 Å². The highest BCUT2D eigenvalue weighted by Gasteiger charge is 2.11. The fourth-order valence-corrected chi connectivity index (χ4v) is 2.67. The molecular weight excluding hydrogens is 270 g/mol. The zero-order chi connectivity index (χ0) is 16.2. The number of hydrogen-bond donors (Lipinski definition) is 1. The molecule has 1 rings (SSSR count). The normalized spacial score (nSPS) is 12.4. The lowest BCUT2D eigenvalue weighted by molar-refractivity contribution is -0.121. The second kappa shape index (κ2) is 11.3. The third-order valence-corrected chi connectivity index (χ3v) is 4.12. The minimum Gasteiger partial charge on any atom is -0.356 e. The van der Waals surface area contributed by atoms with Crippen molar-refractivity contribution in [3.63, 3.8) is 0 Å². The Kier molecular flexibility index (Phi) is 9.61. The molecule has 0 saturated carbocycles. The highest BCUT2D eigenvalue weighted by Crippen LogP contribution is 2.16. The van der Waals surface area contributed by atoms with E-state index in [4.69, 9.17) is 0 Å². The van der Waals surface area contributed by atoms with E-state index in [1.807, 2.05) is 0 Å². The smallest absolute Gasteiger partial charge is 0.220 e. The van der Waals surface area contributed by atoms with E-state index in [0.29, 0.717) is 18.3 Å². The van der Waals surface area contributed by atoms with Crippen molar-refractivity contribution in [2.24, 2.45) is 11.8 Å². The van der Waals surface area contributed by atoms with Crippen molar-refractivity contribution >= 4 is 5.91 Å². The highest BCUT2D eigenvalue weighted by atomic mass is 16.1. The number of carbonyl (C=O) groups excluding carboxylic acids is 1. The van der Waals surface area contributed by atoms with Crippen LogP contribution in [0.4, 0.5) is 0 Å². The summed E-state index contributed by atoms with van der Waals surface area (Å²) in [5.74, 6) is 1.36. The minimum atomic E-state index is 0.210. The summed E-state index contributed by atoms with van der Waals surface area (Å²) in [6.45, 7) is 7.38. The van der Waals surface area contributed by atoms with Gasteiger partial charge in [0, 0.05) is 13.0 Å². The van der Waals surface area contributed by atoms with Crippen LogP contribution < -0.4 is 5.32 Å². The van der Waals surface area contributed by atoms with Crippen molar-refractivity contribution in [2.75, 3.05) is 6.54 Å². The Morgan fingerprint density at radius 3 is 2.45 bits per heavy atom. The molecule has 0 radical (unpaired) electrons. The molecule has 1 amide bonds. The predicted octanol–water partition coefficient (Wildman–Crippen LogP) is 4.98. The second-order valence-corrected chi connectivity index (χ2v) is 6.79. The topological polar surface area (TPSA) is 29.1 Å². The Bertz CT molecular complexity index is 399. The molecule has 1 aromatic rings. The van der Waals surface area contributed by atoms with Crippen LogP contribution in [-0.4, -0.2) is 12.5 Å². The molecule has 2 nitrogen and oxygen atoms in total. The van der Waals surface area contributed by atoms with Crippen molar-refractivity contribution in [1.82, 2.24) is 5.32 Å². The maximum atomic E-state index is 11.9. The Balaban J connectivity index is 2.42. The monoisotopic (exact) mass is 303 g/mol. The van der Waals surface area contributed by atoms with Crippen LogP contribution in [0.5, 0.6) is 0 Å². The molecule has 0 spiro atoms. The Morgan fingerprint density at radius 2 is 1.82 bits per heavy atom. The zero-order valence-electron chi connectivity index (χ0n) is 14.6. The number of nitrogens with one attached hydrogen (secondary N) is 1. The zero-order valence-corrected chi connectivity index (χ0v) is 14.6. The summed E-state index contributed by atoms with van der Waals surface area (Å²) in [7, 11) is 0. The number of rotatable bonds is 11. The van der Waals surface area contributed by atoms with Crippen molar-refractivity contribution in [2.45, 2.75) is 65.7 Å². The first-order valence-corrected chi connectivity index (χ1v) is 8.92. The minimum absolute atomic E-state index is 0.210. The molecule has 0 aromatic heterocycles. The number of carbonyl (C=O) groups is 1. The van der Waals surface area contributed by atoms with Gasteiger partial charge in [0.15, 0.2) is 0 Å². The summed E-state index contributed by atoms with van der Waals surface area (Å²) in [6.07, 6.45) is 7.69. The molecule has 0 heterocycles. The van der Waals surface area contributed by atoms with Gasteiger partial charge in [-0.25, -0.2) is 0 Å². The number of amides is 1. The Labute approximate surface area is 136 Å². The van der Waals surface area contributed by atoms with E-state index >= 15 is 0 Å². The molecule has 1 N–H and O–H groups in total. The largest absolute Gasteiger partial charge is 0.356 e. The van der Waals surface area contributed by atoms with Gasteiger partial charge < -0.3 is 5.32 Å². The van der Waals surface area contributed by atoms with Crippen LogP contribution in [0.2, 0.25) is 0 Å². The van der Waals surface area contributed by atoms with Gasteiger partial charge in [-0.1, -0.05) is 70.4 Å². The van der Waals surface area contributed by atoms with Gasteiger partial charge in [-0.3, -0.25) is 4.79 Å². The maximum Gasteiger partial charge on any atom is 0.220 e. The SMILES string of the molecule is CCCCCC(CNC(=O)CCC(C)C)Cc1ccccc1. The number of unbranched alkanes of at least 4 members (excludes halogenated alkanes) is 2. The molecule has 124 valence electrons. The average Bonchev–Trinajstić information content (AvgIpc) is 2.51. The van der Waals surface area contributed by atoms with E-state index in [0.717, 1.165) is 19.4 Å². The van der Waals surface area contributed by atoms with Crippen molar-refractivity contribution < 1.29 is 4.79 Å². The van der Waals surface area contributed by atoms with E-state index < -0.39 is 0 Å². The van der Waals surface area contributed by atoms with Gasteiger partial charge in [0.2, 0.25) is 5.91 Å². The quantitative estimate of drug-likeness (QED) is 0.574. The molecule has 0 aliphatic carbocycles. The Morgan fingerprint density at radius 1 is 1.09 bits per heavy atom. The van der Waals surface area contributed by atoms with E-state index in [9.17, 15) is 4.79 Å². The van der Waals surface area contributed by atoms with Crippen LogP contribution >= 0.6 is 0 Å². The van der Waals surface area contributed by atoms with E-state index in [2.05, 4.69) is 56.4 Å². The molecule has 22 heavy (non-hydrogen) atoms. The first kappa shape index (κ1) is 18.7. The predicted molar refractivity (Wildman–Crippen MR) is 94.9 cm³/mol.